The maximum Gasteiger partial charge on any atom is 0.326 e. The highest BCUT2D eigenvalue weighted by Gasteiger charge is 2.30. The minimum Gasteiger partial charge on any atom is -0.480 e. The maximum absolute atomic E-state index is 12.1. The van der Waals surface area contributed by atoms with Gasteiger partial charge in [-0.2, -0.15) is 0 Å². The lowest BCUT2D eigenvalue weighted by molar-refractivity contribution is -0.142. The highest BCUT2D eigenvalue weighted by molar-refractivity contribution is 5.84. The molecular formula is C17H23NO3. The summed E-state index contributed by atoms with van der Waals surface area (Å²) in [5.41, 5.74) is 1.13. The van der Waals surface area contributed by atoms with Gasteiger partial charge in [0, 0.05) is 6.42 Å². The van der Waals surface area contributed by atoms with E-state index >= 15 is 0 Å². The SMILES string of the molecule is CCC(CC(=O)NC(CC1CC1)C(=O)O)c1ccccc1. The normalized spacial score (nSPS) is 17.0. The van der Waals surface area contributed by atoms with E-state index in [0.29, 0.717) is 18.8 Å². The number of aliphatic carboxylic acids is 1. The van der Waals surface area contributed by atoms with Crippen LogP contribution in [-0.2, 0) is 9.59 Å². The predicted octanol–water partition coefficient (Wildman–Crippen LogP) is 2.94. The number of carbonyl (C=O) groups excluding carboxylic acids is 1. The molecule has 1 fully saturated rings. The van der Waals surface area contributed by atoms with E-state index in [1.54, 1.807) is 0 Å². The standard InChI is InChI=1S/C17H23NO3/c1-2-13(14-6-4-3-5-7-14)11-16(19)18-15(17(20)21)10-12-8-9-12/h3-7,12-13,15H,2,8-11H2,1H3,(H,18,19)(H,20,21). The van der Waals surface area contributed by atoms with Crippen LogP contribution in [0, 0.1) is 5.92 Å². The average molecular weight is 289 g/mol. The van der Waals surface area contributed by atoms with Gasteiger partial charge in [-0.05, 0) is 30.2 Å². The number of rotatable bonds is 8. The van der Waals surface area contributed by atoms with Crippen LogP contribution in [0.15, 0.2) is 30.3 Å². The van der Waals surface area contributed by atoms with Crippen molar-refractivity contribution in [2.75, 3.05) is 0 Å². The van der Waals surface area contributed by atoms with Crippen molar-refractivity contribution in [3.05, 3.63) is 35.9 Å². The van der Waals surface area contributed by atoms with Gasteiger partial charge in [0.2, 0.25) is 5.91 Å². The van der Waals surface area contributed by atoms with Crippen molar-refractivity contribution >= 4 is 11.9 Å². The third kappa shape index (κ3) is 4.88. The summed E-state index contributed by atoms with van der Waals surface area (Å²) in [7, 11) is 0. The summed E-state index contributed by atoms with van der Waals surface area (Å²) < 4.78 is 0. The minimum absolute atomic E-state index is 0.140. The van der Waals surface area contributed by atoms with Crippen LogP contribution in [0.4, 0.5) is 0 Å². The van der Waals surface area contributed by atoms with Crippen molar-refractivity contribution in [1.82, 2.24) is 5.32 Å². The number of hydrogen-bond donors (Lipinski definition) is 2. The molecule has 1 saturated carbocycles. The fourth-order valence-corrected chi connectivity index (χ4v) is 2.61. The Labute approximate surface area is 125 Å². The fraction of sp³-hybridized carbons (Fsp3) is 0.529. The zero-order chi connectivity index (χ0) is 15.2. The van der Waals surface area contributed by atoms with Crippen molar-refractivity contribution in [2.24, 2.45) is 5.92 Å². The molecule has 0 bridgehead atoms. The number of carboxylic acid groups (broad SMARTS) is 1. The molecule has 0 aromatic heterocycles. The molecule has 2 atom stereocenters. The zero-order valence-corrected chi connectivity index (χ0v) is 12.4. The number of benzene rings is 1. The molecule has 1 aromatic carbocycles. The molecule has 2 N–H and O–H groups in total. The van der Waals surface area contributed by atoms with Crippen LogP contribution in [0.5, 0.6) is 0 Å². The van der Waals surface area contributed by atoms with E-state index in [-0.39, 0.29) is 11.8 Å². The fourth-order valence-electron chi connectivity index (χ4n) is 2.61. The van der Waals surface area contributed by atoms with Gasteiger partial charge in [-0.15, -0.1) is 0 Å². The second-order valence-corrected chi connectivity index (χ2v) is 5.86. The van der Waals surface area contributed by atoms with Crippen molar-refractivity contribution < 1.29 is 14.7 Å². The molecule has 4 heteroatoms. The molecule has 1 aliphatic carbocycles. The van der Waals surface area contributed by atoms with Gasteiger partial charge in [-0.3, -0.25) is 4.79 Å². The highest BCUT2D eigenvalue weighted by atomic mass is 16.4. The molecule has 0 radical (unpaired) electrons. The molecule has 0 spiro atoms. The Morgan fingerprint density at radius 2 is 1.95 bits per heavy atom. The average Bonchev–Trinajstić information content (AvgIpc) is 3.29. The molecule has 114 valence electrons. The summed E-state index contributed by atoms with van der Waals surface area (Å²) in [6.07, 6.45) is 3.93. The smallest absolute Gasteiger partial charge is 0.326 e. The second kappa shape index (κ2) is 7.25. The van der Waals surface area contributed by atoms with E-state index in [4.69, 9.17) is 0 Å². The van der Waals surface area contributed by atoms with Gasteiger partial charge in [-0.1, -0.05) is 50.1 Å². The van der Waals surface area contributed by atoms with Crippen molar-refractivity contribution in [1.29, 1.82) is 0 Å². The summed E-state index contributed by atoms with van der Waals surface area (Å²) in [4.78, 5) is 23.3. The number of carbonyl (C=O) groups is 2. The van der Waals surface area contributed by atoms with E-state index in [1.807, 2.05) is 37.3 Å². The summed E-state index contributed by atoms with van der Waals surface area (Å²) >= 11 is 0. The van der Waals surface area contributed by atoms with Gasteiger partial charge in [0.25, 0.3) is 0 Å². The minimum atomic E-state index is -0.928. The quantitative estimate of drug-likeness (QED) is 0.773. The molecule has 0 heterocycles. The Morgan fingerprint density at radius 1 is 1.29 bits per heavy atom. The van der Waals surface area contributed by atoms with Gasteiger partial charge in [0.05, 0.1) is 0 Å². The molecule has 0 saturated heterocycles. The molecule has 2 unspecified atom stereocenters. The summed E-state index contributed by atoms with van der Waals surface area (Å²) in [6, 6.07) is 9.16. The summed E-state index contributed by atoms with van der Waals surface area (Å²) in [5.74, 6) is -0.481. The zero-order valence-electron chi connectivity index (χ0n) is 12.4. The van der Waals surface area contributed by atoms with Crippen molar-refractivity contribution in [2.45, 2.75) is 51.0 Å². The second-order valence-electron chi connectivity index (χ2n) is 5.86. The van der Waals surface area contributed by atoms with Crippen LogP contribution >= 0.6 is 0 Å². The Morgan fingerprint density at radius 3 is 2.48 bits per heavy atom. The van der Waals surface area contributed by atoms with E-state index in [1.165, 1.54) is 0 Å². The van der Waals surface area contributed by atoms with E-state index in [2.05, 4.69) is 5.32 Å². The van der Waals surface area contributed by atoms with E-state index in [0.717, 1.165) is 24.8 Å². The molecule has 1 aliphatic rings. The largest absolute Gasteiger partial charge is 0.480 e. The lowest BCUT2D eigenvalue weighted by Gasteiger charge is -2.18. The summed E-state index contributed by atoms with van der Waals surface area (Å²) in [6.45, 7) is 2.05. The van der Waals surface area contributed by atoms with Gasteiger partial charge >= 0.3 is 5.97 Å². The van der Waals surface area contributed by atoms with Gasteiger partial charge in [0.1, 0.15) is 6.04 Å². The van der Waals surface area contributed by atoms with Crippen LogP contribution < -0.4 is 5.32 Å². The first-order valence-electron chi connectivity index (χ1n) is 7.67. The molecule has 4 nitrogen and oxygen atoms in total. The Kier molecular flexibility index (Phi) is 5.37. The first-order chi connectivity index (χ1) is 10.1. The first-order valence-corrected chi connectivity index (χ1v) is 7.67. The molecule has 2 rings (SSSR count). The lowest BCUT2D eigenvalue weighted by atomic mass is 9.93. The number of carboxylic acids is 1. The Balaban J connectivity index is 1.90. The van der Waals surface area contributed by atoms with Crippen LogP contribution in [0.1, 0.15) is 50.5 Å². The van der Waals surface area contributed by atoms with Crippen LogP contribution in [0.25, 0.3) is 0 Å². The van der Waals surface area contributed by atoms with Gasteiger partial charge < -0.3 is 10.4 Å². The third-order valence-corrected chi connectivity index (χ3v) is 4.09. The maximum atomic E-state index is 12.1. The molecule has 1 aromatic rings. The highest BCUT2D eigenvalue weighted by Crippen LogP contribution is 2.33. The molecule has 1 amide bonds. The first kappa shape index (κ1) is 15.5. The van der Waals surface area contributed by atoms with Crippen molar-refractivity contribution in [3.8, 4) is 0 Å². The summed E-state index contributed by atoms with van der Waals surface area (Å²) in [5, 5.41) is 11.9. The Bertz CT molecular complexity index is 482. The van der Waals surface area contributed by atoms with Crippen LogP contribution in [0.2, 0.25) is 0 Å². The van der Waals surface area contributed by atoms with Crippen LogP contribution in [-0.4, -0.2) is 23.0 Å². The number of nitrogens with one attached hydrogen (secondary N) is 1. The lowest BCUT2D eigenvalue weighted by Crippen LogP contribution is -2.41. The van der Waals surface area contributed by atoms with Gasteiger partial charge in [0.15, 0.2) is 0 Å². The number of hydrogen-bond acceptors (Lipinski definition) is 2. The molecule has 21 heavy (non-hydrogen) atoms. The van der Waals surface area contributed by atoms with Gasteiger partial charge in [-0.25, -0.2) is 4.79 Å². The number of amides is 1. The van der Waals surface area contributed by atoms with E-state index in [9.17, 15) is 14.7 Å². The molecular weight excluding hydrogens is 266 g/mol. The Hall–Kier alpha value is -1.84. The monoisotopic (exact) mass is 289 g/mol. The molecule has 0 aliphatic heterocycles. The third-order valence-electron chi connectivity index (χ3n) is 4.09. The predicted molar refractivity (Wildman–Crippen MR) is 81.0 cm³/mol. The van der Waals surface area contributed by atoms with Crippen LogP contribution in [0.3, 0.4) is 0 Å². The van der Waals surface area contributed by atoms with Crippen molar-refractivity contribution in [3.63, 3.8) is 0 Å². The van der Waals surface area contributed by atoms with E-state index < -0.39 is 12.0 Å². The topological polar surface area (TPSA) is 66.4 Å².